The largest absolute Gasteiger partial charge is 0.294 e. The molecule has 0 spiro atoms. The van der Waals surface area contributed by atoms with Crippen molar-refractivity contribution in [2.24, 2.45) is 0 Å². The number of fused-ring (bicyclic) bond motifs is 8. The molecule has 5 aromatic heterocycles. The summed E-state index contributed by atoms with van der Waals surface area (Å²) in [5.74, 6) is 0.893. The van der Waals surface area contributed by atoms with Crippen LogP contribution in [-0.4, -0.2) is 24.5 Å². The summed E-state index contributed by atoms with van der Waals surface area (Å²) >= 11 is 7.02. The van der Waals surface area contributed by atoms with Crippen molar-refractivity contribution in [2.75, 3.05) is 0 Å². The van der Waals surface area contributed by atoms with Gasteiger partial charge < -0.3 is 0 Å². The molecule has 0 saturated carbocycles. The van der Waals surface area contributed by atoms with Crippen molar-refractivity contribution >= 4 is 80.8 Å². The maximum atomic E-state index is 5.25. The zero-order valence-electron chi connectivity index (χ0n) is 43.7. The van der Waals surface area contributed by atoms with Gasteiger partial charge in [0.1, 0.15) is 20.4 Å². The molecule has 81 heavy (non-hydrogen) atoms. The molecule has 0 amide bonds. The first-order valence-electron chi connectivity index (χ1n) is 26.9. The molecule has 5 nitrogen and oxygen atoms in total. The quantitative estimate of drug-likeness (QED) is 0.149. The molecule has 15 aromatic rings. The molecule has 0 saturated heterocycles. The van der Waals surface area contributed by atoms with E-state index >= 15 is 0 Å². The number of benzene rings is 10. The highest BCUT2D eigenvalue weighted by Gasteiger charge is 2.21. The third kappa shape index (κ3) is 10.2. The Morgan fingerprint density at radius 2 is 0.790 bits per heavy atom. The highest BCUT2D eigenvalue weighted by atomic mass is 79.9. The Balaban J connectivity index is 0.000000121. The van der Waals surface area contributed by atoms with Crippen molar-refractivity contribution in [1.82, 2.24) is 24.5 Å². The highest BCUT2D eigenvalue weighted by Crippen LogP contribution is 2.42. The topological polar surface area (TPSA) is 56.5 Å². The summed E-state index contributed by atoms with van der Waals surface area (Å²) in [6, 6.07) is 97.3. The number of halogens is 1. The SMILES string of the molecule is Brc1cc(-c2ccccc2)cc(-c2ccccc2)n1.c1ccc(-c2cc(-c3ccccc3)nc(-n3c4ccccc4c4cc5sc(-c6ccccc6)nc5cc43)c2)cc1.c1ccc(-c2nc3cc4c(cc3s2)-c2ccccc2C4)cc1. The standard InChI is InChI=1S/C36H23N3S.C20H13NS.C17H12BrN/c1-4-12-24(13-5-1)27-20-30(25-14-6-2-7-15-25)37-35(21-27)39-32-19-11-10-18-28(32)29-22-34-31(23-33(29)39)38-36(40-34)26-16-8-3-9-17-26;1-2-6-13(7-3-1)20-21-18-11-15-10-14-8-4-5-9-16(14)17(15)12-19(18)22-20;18-17-12-15(13-7-3-1-4-8-13)11-16(19-17)14-9-5-2-6-10-14/h1-23H;1-9,11-12H,10H2;1-12H. The van der Waals surface area contributed by atoms with Gasteiger partial charge in [0, 0.05) is 33.0 Å². The lowest BCUT2D eigenvalue weighted by Gasteiger charge is -2.13. The smallest absolute Gasteiger partial charge is 0.138 e. The second-order valence-electron chi connectivity index (χ2n) is 19.9. The molecule has 0 bridgehead atoms. The number of pyridine rings is 2. The van der Waals surface area contributed by atoms with Crippen molar-refractivity contribution in [2.45, 2.75) is 6.42 Å². The van der Waals surface area contributed by atoms with Crippen LogP contribution in [-0.2, 0) is 6.42 Å². The molecular formula is C73H48BrN5S2. The Bertz CT molecular complexity index is 4600. The lowest BCUT2D eigenvalue weighted by molar-refractivity contribution is 1.08. The first-order valence-corrected chi connectivity index (χ1v) is 29.3. The zero-order chi connectivity index (χ0) is 54.1. The maximum absolute atomic E-state index is 5.25. The highest BCUT2D eigenvalue weighted by molar-refractivity contribution is 9.10. The third-order valence-corrected chi connectivity index (χ3v) is 17.3. The summed E-state index contributed by atoms with van der Waals surface area (Å²) in [5.41, 5.74) is 21.1. The summed E-state index contributed by atoms with van der Waals surface area (Å²) < 4.78 is 5.61. The number of hydrogen-bond donors (Lipinski definition) is 0. The van der Waals surface area contributed by atoms with Crippen molar-refractivity contribution < 1.29 is 0 Å². The molecule has 0 N–H and O–H groups in total. The molecule has 16 rings (SSSR count). The summed E-state index contributed by atoms with van der Waals surface area (Å²) in [4.78, 5) is 19.7. The Kier molecular flexibility index (Phi) is 13.5. The molecule has 5 heterocycles. The molecule has 10 aromatic carbocycles. The Hall–Kier alpha value is -9.44. The first kappa shape index (κ1) is 49.8. The van der Waals surface area contributed by atoms with Gasteiger partial charge in [-0.25, -0.2) is 19.9 Å². The number of para-hydroxylation sites is 1. The number of nitrogens with zero attached hydrogens (tertiary/aromatic N) is 5. The minimum absolute atomic E-state index is 0.854. The predicted octanol–water partition coefficient (Wildman–Crippen LogP) is 20.5. The van der Waals surface area contributed by atoms with Crippen molar-refractivity contribution in [3.8, 4) is 82.9 Å². The van der Waals surface area contributed by atoms with Gasteiger partial charge in [0.25, 0.3) is 0 Å². The Morgan fingerprint density at radius 3 is 1.38 bits per heavy atom. The van der Waals surface area contributed by atoms with Gasteiger partial charge in [0.2, 0.25) is 0 Å². The summed E-state index contributed by atoms with van der Waals surface area (Å²) in [6.45, 7) is 0. The van der Waals surface area contributed by atoms with Crippen LogP contribution in [0.25, 0.3) is 125 Å². The monoisotopic (exact) mass is 1140 g/mol. The number of aromatic nitrogens is 5. The minimum atomic E-state index is 0.854. The predicted molar refractivity (Wildman–Crippen MR) is 344 cm³/mol. The van der Waals surface area contributed by atoms with Crippen LogP contribution in [0.3, 0.4) is 0 Å². The van der Waals surface area contributed by atoms with E-state index in [0.29, 0.717) is 0 Å². The fourth-order valence-electron chi connectivity index (χ4n) is 10.8. The third-order valence-electron chi connectivity index (χ3n) is 14.7. The number of rotatable bonds is 7. The van der Waals surface area contributed by atoms with E-state index in [0.717, 1.165) is 82.6 Å². The van der Waals surface area contributed by atoms with E-state index in [1.807, 2.05) is 60.7 Å². The van der Waals surface area contributed by atoms with E-state index in [2.05, 4.69) is 244 Å². The van der Waals surface area contributed by atoms with Gasteiger partial charge in [-0.05, 0) is 121 Å². The van der Waals surface area contributed by atoms with Crippen LogP contribution in [0.15, 0.2) is 284 Å². The average Bonchev–Trinajstić information content (AvgIpc) is 3.90. The molecule has 0 unspecified atom stereocenters. The molecule has 0 fully saturated rings. The van der Waals surface area contributed by atoms with Crippen LogP contribution in [0.4, 0.5) is 0 Å². The van der Waals surface area contributed by atoms with E-state index in [9.17, 15) is 0 Å². The summed E-state index contributed by atoms with van der Waals surface area (Å²) in [7, 11) is 0. The molecule has 0 aliphatic heterocycles. The van der Waals surface area contributed by atoms with Crippen LogP contribution in [0.1, 0.15) is 11.1 Å². The molecule has 0 radical (unpaired) electrons. The van der Waals surface area contributed by atoms with Crippen LogP contribution in [0.5, 0.6) is 0 Å². The average molecular weight is 1140 g/mol. The van der Waals surface area contributed by atoms with Gasteiger partial charge >= 0.3 is 0 Å². The van der Waals surface area contributed by atoms with Crippen molar-refractivity contribution in [3.63, 3.8) is 0 Å². The fraction of sp³-hybridized carbons (Fsp3) is 0.0137. The van der Waals surface area contributed by atoms with Crippen LogP contribution < -0.4 is 0 Å². The fourth-order valence-corrected chi connectivity index (χ4v) is 13.3. The molecule has 0 atom stereocenters. The van der Waals surface area contributed by atoms with E-state index in [-0.39, 0.29) is 0 Å². The van der Waals surface area contributed by atoms with Gasteiger partial charge in [-0.15, -0.1) is 22.7 Å². The van der Waals surface area contributed by atoms with Crippen LogP contribution in [0.2, 0.25) is 0 Å². The number of hydrogen-bond acceptors (Lipinski definition) is 6. The van der Waals surface area contributed by atoms with Gasteiger partial charge in [-0.3, -0.25) is 4.57 Å². The summed E-state index contributed by atoms with van der Waals surface area (Å²) in [5, 5.41) is 4.56. The first-order chi connectivity index (χ1) is 40.0. The van der Waals surface area contributed by atoms with E-state index < -0.39 is 0 Å². The zero-order valence-corrected chi connectivity index (χ0v) is 46.9. The number of thiazole rings is 2. The Labute approximate surface area is 486 Å². The van der Waals surface area contributed by atoms with Gasteiger partial charge in [0.05, 0.1) is 42.9 Å². The van der Waals surface area contributed by atoms with Crippen molar-refractivity contribution in [1.29, 1.82) is 0 Å². The van der Waals surface area contributed by atoms with Crippen LogP contribution >= 0.6 is 38.6 Å². The van der Waals surface area contributed by atoms with Crippen LogP contribution in [0, 0.1) is 0 Å². The van der Waals surface area contributed by atoms with Gasteiger partial charge in [0.15, 0.2) is 0 Å². The molecule has 1 aliphatic rings. The lowest BCUT2D eigenvalue weighted by atomic mass is 10.0. The summed E-state index contributed by atoms with van der Waals surface area (Å²) in [6.07, 6.45) is 1.03. The second-order valence-corrected chi connectivity index (χ2v) is 22.8. The second kappa shape index (κ2) is 22.0. The molecule has 8 heteroatoms. The van der Waals surface area contributed by atoms with E-state index in [1.165, 1.54) is 64.7 Å². The van der Waals surface area contributed by atoms with E-state index in [1.54, 1.807) is 22.7 Å². The minimum Gasteiger partial charge on any atom is -0.294 e. The van der Waals surface area contributed by atoms with E-state index in [4.69, 9.17) is 15.0 Å². The molecule has 1 aliphatic carbocycles. The molecular weight excluding hydrogens is 1090 g/mol. The normalized spacial score (nSPS) is 11.5. The van der Waals surface area contributed by atoms with Crippen molar-refractivity contribution in [3.05, 3.63) is 295 Å². The van der Waals surface area contributed by atoms with Gasteiger partial charge in [-0.2, -0.15) is 0 Å². The molecule has 384 valence electrons. The maximum Gasteiger partial charge on any atom is 0.138 e. The lowest BCUT2D eigenvalue weighted by Crippen LogP contribution is -2.00. The Morgan fingerprint density at radius 1 is 0.321 bits per heavy atom. The van der Waals surface area contributed by atoms with Gasteiger partial charge in [-0.1, -0.05) is 224 Å².